The van der Waals surface area contributed by atoms with E-state index in [1.54, 1.807) is 36.9 Å². The first-order chi connectivity index (χ1) is 19.6. The van der Waals surface area contributed by atoms with Gasteiger partial charge in [-0.2, -0.15) is 0 Å². The SMILES string of the molecule is COc1cc(N2CCCN(c3ccc(/N=N/c4scc[n+]4C)c(OC)c3)CCC2)ccc1/N=N/c1scc[n+]1C. The molecule has 2 aromatic heterocycles. The molecule has 0 amide bonds. The molecule has 10 nitrogen and oxygen atoms in total. The van der Waals surface area contributed by atoms with Crippen molar-refractivity contribution in [2.24, 2.45) is 34.6 Å². The van der Waals surface area contributed by atoms with Crippen LogP contribution in [-0.2, 0) is 14.1 Å². The van der Waals surface area contributed by atoms with E-state index in [1.807, 2.05) is 58.5 Å². The number of benzene rings is 2. The number of hydrogen-bond acceptors (Lipinski definition) is 10. The molecule has 0 aliphatic carbocycles. The van der Waals surface area contributed by atoms with E-state index in [4.69, 9.17) is 9.47 Å². The zero-order chi connectivity index (χ0) is 27.9. The molecule has 5 rings (SSSR count). The van der Waals surface area contributed by atoms with Gasteiger partial charge >= 0.3 is 10.3 Å². The first kappa shape index (κ1) is 27.7. The largest absolute Gasteiger partial charge is 0.494 e. The Balaban J connectivity index is 1.23. The number of anilines is 2. The van der Waals surface area contributed by atoms with Crippen LogP contribution in [0, 0.1) is 0 Å². The fraction of sp³-hybridized carbons (Fsp3) is 0.357. The van der Waals surface area contributed by atoms with Crippen molar-refractivity contribution in [3.63, 3.8) is 0 Å². The third-order valence-electron chi connectivity index (χ3n) is 6.77. The van der Waals surface area contributed by atoms with Crippen molar-refractivity contribution >= 4 is 55.7 Å². The van der Waals surface area contributed by atoms with E-state index in [2.05, 4.69) is 54.5 Å². The maximum atomic E-state index is 5.66. The van der Waals surface area contributed by atoms with E-state index in [9.17, 15) is 0 Å². The van der Waals surface area contributed by atoms with Gasteiger partial charge in [-0.05, 0) is 70.0 Å². The molecule has 4 aromatic rings. The van der Waals surface area contributed by atoms with Crippen LogP contribution in [-0.4, -0.2) is 40.4 Å². The molecule has 1 aliphatic rings. The minimum Gasteiger partial charge on any atom is -0.494 e. The third kappa shape index (κ3) is 6.45. The van der Waals surface area contributed by atoms with Crippen LogP contribution < -0.4 is 28.4 Å². The van der Waals surface area contributed by atoms with E-state index in [0.717, 1.165) is 83.5 Å². The first-order valence-corrected chi connectivity index (χ1v) is 14.9. The molecule has 0 atom stereocenters. The molecule has 0 bridgehead atoms. The molecule has 1 fully saturated rings. The van der Waals surface area contributed by atoms with Gasteiger partial charge in [-0.1, -0.05) is 0 Å². The fourth-order valence-electron chi connectivity index (χ4n) is 4.58. The van der Waals surface area contributed by atoms with Crippen LogP contribution >= 0.6 is 22.7 Å². The third-order valence-corrected chi connectivity index (χ3v) is 8.45. The van der Waals surface area contributed by atoms with Crippen molar-refractivity contribution in [3.8, 4) is 11.5 Å². The summed E-state index contributed by atoms with van der Waals surface area (Å²) in [5.41, 5.74) is 3.72. The Morgan fingerprint density at radius 3 is 1.43 bits per heavy atom. The second kappa shape index (κ2) is 13.0. The lowest BCUT2D eigenvalue weighted by Gasteiger charge is -2.33. The second-order valence-corrected chi connectivity index (χ2v) is 11.1. The Bertz CT molecular complexity index is 1380. The van der Waals surface area contributed by atoms with E-state index in [1.165, 1.54) is 0 Å². The molecule has 208 valence electrons. The standard InChI is InChI=1S/C28H34N8O2S2/c1-33-15-17-39-27(33)31-29-23-9-7-21(19-25(23)37-3)35-11-5-13-36(14-6-12-35)22-8-10-24(26(20-22)38-4)30-32-28-34(2)16-18-40-28/h7-10,15-20H,5-6,11-14H2,1-4H3/q+2. The summed E-state index contributed by atoms with van der Waals surface area (Å²) >= 11 is 3.10. The lowest BCUT2D eigenvalue weighted by Crippen LogP contribution is -2.36. The minimum atomic E-state index is 0.721. The number of hydrogen-bond donors (Lipinski definition) is 0. The number of rotatable bonds is 8. The van der Waals surface area contributed by atoms with Crippen molar-refractivity contribution < 1.29 is 18.6 Å². The van der Waals surface area contributed by atoms with Gasteiger partial charge in [-0.25, -0.2) is 9.13 Å². The zero-order valence-electron chi connectivity index (χ0n) is 23.2. The van der Waals surface area contributed by atoms with Crippen molar-refractivity contribution in [1.82, 2.24) is 0 Å². The lowest BCUT2D eigenvalue weighted by molar-refractivity contribution is -0.654. The number of methoxy groups -OCH3 is 2. The number of aromatic nitrogens is 2. The quantitative estimate of drug-likeness (QED) is 0.179. The number of thiazole rings is 2. The normalized spacial score (nSPS) is 14.6. The number of ether oxygens (including phenoxy) is 2. The monoisotopic (exact) mass is 578 g/mol. The smallest absolute Gasteiger partial charge is 0.408 e. The molecule has 1 saturated heterocycles. The Morgan fingerprint density at radius 2 is 1.07 bits per heavy atom. The van der Waals surface area contributed by atoms with Crippen molar-refractivity contribution in [2.75, 3.05) is 50.2 Å². The van der Waals surface area contributed by atoms with Crippen LogP contribution in [0.25, 0.3) is 0 Å². The Hall–Kier alpha value is -3.90. The Labute approximate surface area is 242 Å². The van der Waals surface area contributed by atoms with Crippen LogP contribution in [0.4, 0.5) is 33.0 Å². The summed E-state index contributed by atoms with van der Waals surface area (Å²) in [4.78, 5) is 4.85. The topological polar surface area (TPSA) is 82.1 Å². The molecule has 40 heavy (non-hydrogen) atoms. The predicted octanol–water partition coefficient (Wildman–Crippen LogP) is 6.41. The number of aryl methyl sites for hydroxylation is 2. The molecule has 0 unspecified atom stereocenters. The van der Waals surface area contributed by atoms with Crippen molar-refractivity contribution in [3.05, 3.63) is 59.6 Å². The van der Waals surface area contributed by atoms with Crippen LogP contribution in [0.15, 0.2) is 80.0 Å². The summed E-state index contributed by atoms with van der Waals surface area (Å²) in [6.45, 7) is 3.80. The van der Waals surface area contributed by atoms with E-state index in [0.29, 0.717) is 0 Å². The predicted molar refractivity (Wildman–Crippen MR) is 159 cm³/mol. The van der Waals surface area contributed by atoms with E-state index >= 15 is 0 Å². The van der Waals surface area contributed by atoms with Gasteiger partial charge in [0.05, 0.1) is 38.5 Å². The molecule has 0 saturated carbocycles. The van der Waals surface area contributed by atoms with E-state index in [-0.39, 0.29) is 0 Å². The summed E-state index contributed by atoms with van der Waals surface area (Å²) in [7, 11) is 7.27. The highest BCUT2D eigenvalue weighted by atomic mass is 32.1. The maximum Gasteiger partial charge on any atom is 0.408 e. The highest BCUT2D eigenvalue weighted by Crippen LogP contribution is 2.35. The van der Waals surface area contributed by atoms with Crippen LogP contribution in [0.5, 0.6) is 11.5 Å². The van der Waals surface area contributed by atoms with Crippen LogP contribution in [0.3, 0.4) is 0 Å². The summed E-state index contributed by atoms with van der Waals surface area (Å²) < 4.78 is 15.2. The average Bonchev–Trinajstić information content (AvgIpc) is 3.57. The zero-order valence-corrected chi connectivity index (χ0v) is 24.9. The first-order valence-electron chi connectivity index (χ1n) is 13.1. The van der Waals surface area contributed by atoms with Gasteiger partial charge in [0.1, 0.15) is 12.4 Å². The highest BCUT2D eigenvalue weighted by Gasteiger charge is 2.18. The minimum absolute atomic E-state index is 0.721. The summed E-state index contributed by atoms with van der Waals surface area (Å²) in [6, 6.07) is 12.3. The molecule has 2 aromatic carbocycles. The van der Waals surface area contributed by atoms with Crippen LogP contribution in [0.2, 0.25) is 0 Å². The summed E-state index contributed by atoms with van der Waals surface area (Å²) in [5, 5.41) is 23.3. The molecule has 3 heterocycles. The van der Waals surface area contributed by atoms with Gasteiger partial charge in [0.15, 0.2) is 22.9 Å². The van der Waals surface area contributed by atoms with Crippen molar-refractivity contribution in [2.45, 2.75) is 12.8 Å². The van der Waals surface area contributed by atoms with Crippen LogP contribution in [0.1, 0.15) is 12.8 Å². The van der Waals surface area contributed by atoms with Gasteiger partial charge in [-0.3, -0.25) is 0 Å². The van der Waals surface area contributed by atoms with Crippen molar-refractivity contribution in [1.29, 1.82) is 0 Å². The summed E-state index contributed by atoms with van der Waals surface area (Å²) in [5.74, 6) is 1.45. The van der Waals surface area contributed by atoms with Gasteiger partial charge < -0.3 is 19.3 Å². The van der Waals surface area contributed by atoms with Gasteiger partial charge in [0, 0.05) is 60.4 Å². The van der Waals surface area contributed by atoms with Gasteiger partial charge in [-0.15, -0.1) is 0 Å². The maximum absolute atomic E-state index is 5.66. The Morgan fingerprint density at radius 1 is 0.650 bits per heavy atom. The lowest BCUT2D eigenvalue weighted by atomic mass is 10.1. The average molecular weight is 579 g/mol. The van der Waals surface area contributed by atoms with Gasteiger partial charge in [0.25, 0.3) is 0 Å². The molecule has 1 aliphatic heterocycles. The molecule has 0 radical (unpaired) electrons. The summed E-state index contributed by atoms with van der Waals surface area (Å²) in [6.07, 6.45) is 5.98. The van der Waals surface area contributed by atoms with E-state index < -0.39 is 0 Å². The Kier molecular flexibility index (Phi) is 8.97. The number of nitrogens with zero attached hydrogens (tertiary/aromatic N) is 8. The molecule has 0 N–H and O–H groups in total. The fourth-order valence-corrected chi connectivity index (χ4v) is 5.94. The molecule has 12 heteroatoms. The highest BCUT2D eigenvalue weighted by molar-refractivity contribution is 7.13. The molecule has 0 spiro atoms. The number of azo groups is 2. The second-order valence-electron chi connectivity index (χ2n) is 9.39. The molecular weight excluding hydrogens is 544 g/mol. The van der Waals surface area contributed by atoms with Gasteiger partial charge in [0.2, 0.25) is 0 Å². The molecular formula is C28H34N8O2S2+2.